The highest BCUT2D eigenvalue weighted by molar-refractivity contribution is 5.94. The third-order valence-corrected chi connectivity index (χ3v) is 4.98. The van der Waals surface area contributed by atoms with Crippen molar-refractivity contribution in [2.24, 2.45) is 0 Å². The molecule has 132 valence electrons. The Labute approximate surface area is 144 Å². The third-order valence-electron chi connectivity index (χ3n) is 4.98. The lowest BCUT2D eigenvalue weighted by Crippen LogP contribution is -2.47. The maximum atomic E-state index is 12.7. The summed E-state index contributed by atoms with van der Waals surface area (Å²) in [7, 11) is 0. The van der Waals surface area contributed by atoms with Gasteiger partial charge in [-0.25, -0.2) is 0 Å². The van der Waals surface area contributed by atoms with E-state index in [1.807, 2.05) is 17.0 Å². The number of rotatable bonds is 5. The summed E-state index contributed by atoms with van der Waals surface area (Å²) in [6.45, 7) is 9.08. The number of carbonyl (C=O) groups excluding carboxylic acids is 1. The van der Waals surface area contributed by atoms with Gasteiger partial charge < -0.3 is 19.3 Å². The first-order valence-corrected chi connectivity index (χ1v) is 9.09. The van der Waals surface area contributed by atoms with Gasteiger partial charge in [-0.3, -0.25) is 4.79 Å². The summed E-state index contributed by atoms with van der Waals surface area (Å²) >= 11 is 0. The molecule has 0 unspecified atom stereocenters. The van der Waals surface area contributed by atoms with Gasteiger partial charge in [0.2, 0.25) is 0 Å². The quantitative estimate of drug-likeness (QED) is 0.831. The third kappa shape index (κ3) is 3.57. The first kappa shape index (κ1) is 17.2. The summed E-state index contributed by atoms with van der Waals surface area (Å²) in [5.74, 6) is -0.324. The summed E-state index contributed by atoms with van der Waals surface area (Å²) in [6, 6.07) is 8.01. The van der Waals surface area contributed by atoms with Gasteiger partial charge in [0.1, 0.15) is 0 Å². The zero-order valence-corrected chi connectivity index (χ0v) is 14.8. The number of ether oxygens (including phenoxy) is 2. The number of piperidine rings is 1. The maximum Gasteiger partial charge on any atom is 0.253 e. The van der Waals surface area contributed by atoms with E-state index in [1.165, 1.54) is 5.69 Å². The van der Waals surface area contributed by atoms with E-state index in [0.29, 0.717) is 26.3 Å². The van der Waals surface area contributed by atoms with Gasteiger partial charge in [-0.1, -0.05) is 6.92 Å². The van der Waals surface area contributed by atoms with E-state index in [9.17, 15) is 4.79 Å². The zero-order valence-electron chi connectivity index (χ0n) is 14.8. The van der Waals surface area contributed by atoms with Crippen molar-refractivity contribution in [1.29, 1.82) is 0 Å². The summed E-state index contributed by atoms with van der Waals surface area (Å²) in [5.41, 5.74) is 1.94. The minimum atomic E-state index is -0.428. The smallest absolute Gasteiger partial charge is 0.253 e. The molecule has 1 amide bonds. The van der Waals surface area contributed by atoms with E-state index in [4.69, 9.17) is 9.47 Å². The molecule has 0 aliphatic carbocycles. The minimum absolute atomic E-state index is 0.105. The molecule has 2 aliphatic rings. The Hall–Kier alpha value is -1.59. The normalized spacial score (nSPS) is 19.7. The Kier molecular flexibility index (Phi) is 5.41. The highest BCUT2D eigenvalue weighted by Crippen LogP contribution is 2.31. The second kappa shape index (κ2) is 7.53. The lowest BCUT2D eigenvalue weighted by molar-refractivity contribution is -0.181. The Morgan fingerprint density at radius 3 is 2.29 bits per heavy atom. The van der Waals surface area contributed by atoms with Crippen LogP contribution in [0.15, 0.2) is 24.3 Å². The molecule has 24 heavy (non-hydrogen) atoms. The largest absolute Gasteiger partial charge is 0.372 e. The second-order valence-electron chi connectivity index (χ2n) is 6.53. The lowest BCUT2D eigenvalue weighted by atomic mass is 10.0. The molecule has 5 heteroatoms. The lowest BCUT2D eigenvalue weighted by Gasteiger charge is -2.37. The van der Waals surface area contributed by atoms with E-state index in [1.54, 1.807) is 0 Å². The van der Waals surface area contributed by atoms with Crippen molar-refractivity contribution in [2.45, 2.75) is 38.9 Å². The van der Waals surface area contributed by atoms with Gasteiger partial charge in [0.15, 0.2) is 5.79 Å². The highest BCUT2D eigenvalue weighted by atomic mass is 16.7. The van der Waals surface area contributed by atoms with Crippen LogP contribution in [-0.4, -0.2) is 56.0 Å². The molecule has 0 N–H and O–H groups in total. The SMILES string of the molecule is CCCN(CC)c1ccc(C(=O)N2CCC3(CC2)OCCO3)cc1. The van der Waals surface area contributed by atoms with Crippen molar-refractivity contribution in [3.8, 4) is 0 Å². The fourth-order valence-electron chi connectivity index (χ4n) is 3.57. The topological polar surface area (TPSA) is 42.0 Å². The molecule has 3 rings (SSSR count). The van der Waals surface area contributed by atoms with Crippen LogP contribution in [0.2, 0.25) is 0 Å². The van der Waals surface area contributed by atoms with Crippen LogP contribution >= 0.6 is 0 Å². The number of amides is 1. The van der Waals surface area contributed by atoms with Crippen LogP contribution < -0.4 is 4.90 Å². The Morgan fingerprint density at radius 2 is 1.75 bits per heavy atom. The van der Waals surface area contributed by atoms with E-state index in [0.717, 1.165) is 37.9 Å². The average Bonchev–Trinajstić information content (AvgIpc) is 3.08. The van der Waals surface area contributed by atoms with E-state index >= 15 is 0 Å². The number of carbonyl (C=O) groups is 1. The molecule has 1 aromatic rings. The van der Waals surface area contributed by atoms with Crippen LogP contribution in [-0.2, 0) is 9.47 Å². The van der Waals surface area contributed by atoms with Crippen LogP contribution in [0.3, 0.4) is 0 Å². The van der Waals surface area contributed by atoms with Crippen molar-refractivity contribution >= 4 is 11.6 Å². The molecule has 2 saturated heterocycles. The zero-order chi connectivity index (χ0) is 17.0. The number of hydrogen-bond donors (Lipinski definition) is 0. The summed E-state index contributed by atoms with van der Waals surface area (Å²) < 4.78 is 11.5. The van der Waals surface area contributed by atoms with Crippen molar-refractivity contribution in [3.05, 3.63) is 29.8 Å². The van der Waals surface area contributed by atoms with Gasteiger partial charge in [-0.15, -0.1) is 0 Å². The first-order valence-electron chi connectivity index (χ1n) is 9.09. The van der Waals surface area contributed by atoms with Gasteiger partial charge in [0.05, 0.1) is 13.2 Å². The summed E-state index contributed by atoms with van der Waals surface area (Å²) in [5, 5.41) is 0. The molecule has 5 nitrogen and oxygen atoms in total. The van der Waals surface area contributed by atoms with Gasteiger partial charge in [-0.2, -0.15) is 0 Å². The second-order valence-corrected chi connectivity index (χ2v) is 6.53. The number of hydrogen-bond acceptors (Lipinski definition) is 4. The van der Waals surface area contributed by atoms with Crippen LogP contribution in [0, 0.1) is 0 Å². The van der Waals surface area contributed by atoms with Crippen LogP contribution in [0.25, 0.3) is 0 Å². The van der Waals surface area contributed by atoms with Crippen molar-refractivity contribution in [3.63, 3.8) is 0 Å². The van der Waals surface area contributed by atoms with Crippen LogP contribution in [0.4, 0.5) is 5.69 Å². The Balaban J connectivity index is 1.61. The molecule has 0 atom stereocenters. The molecule has 0 radical (unpaired) electrons. The first-order chi connectivity index (χ1) is 11.7. The molecular weight excluding hydrogens is 304 g/mol. The predicted molar refractivity (Wildman–Crippen MR) is 94.4 cm³/mol. The van der Waals surface area contributed by atoms with Crippen molar-refractivity contribution in [2.75, 3.05) is 44.3 Å². The predicted octanol–water partition coefficient (Wildman–Crippen LogP) is 2.90. The standard InChI is InChI=1S/C19H28N2O3/c1-3-11-20(4-2)17-7-5-16(6-8-17)18(22)21-12-9-19(10-13-21)23-14-15-24-19/h5-8H,3-4,9-15H2,1-2H3. The number of likely N-dealkylation sites (tertiary alicyclic amines) is 1. The van der Waals surface area contributed by atoms with E-state index in [2.05, 4.69) is 30.9 Å². The Morgan fingerprint density at radius 1 is 1.12 bits per heavy atom. The van der Waals surface area contributed by atoms with Gasteiger partial charge >= 0.3 is 0 Å². The molecule has 0 saturated carbocycles. The van der Waals surface area contributed by atoms with Gasteiger partial charge in [-0.05, 0) is 37.6 Å². The summed E-state index contributed by atoms with van der Waals surface area (Å²) in [6.07, 6.45) is 2.64. The maximum absolute atomic E-state index is 12.7. The van der Waals surface area contributed by atoms with E-state index < -0.39 is 5.79 Å². The molecular formula is C19H28N2O3. The number of anilines is 1. The van der Waals surface area contributed by atoms with Gasteiger partial charge in [0, 0.05) is 50.3 Å². The molecule has 0 aromatic heterocycles. The van der Waals surface area contributed by atoms with Crippen LogP contribution in [0.1, 0.15) is 43.5 Å². The molecule has 2 aliphatic heterocycles. The van der Waals surface area contributed by atoms with E-state index in [-0.39, 0.29) is 5.91 Å². The Bertz CT molecular complexity index is 542. The van der Waals surface area contributed by atoms with Crippen molar-refractivity contribution < 1.29 is 14.3 Å². The van der Waals surface area contributed by atoms with Crippen LogP contribution in [0.5, 0.6) is 0 Å². The number of benzene rings is 1. The minimum Gasteiger partial charge on any atom is -0.372 e. The molecule has 2 fully saturated rings. The molecule has 1 spiro atoms. The number of nitrogens with zero attached hydrogens (tertiary/aromatic N) is 2. The highest BCUT2D eigenvalue weighted by Gasteiger charge is 2.40. The monoisotopic (exact) mass is 332 g/mol. The fourth-order valence-corrected chi connectivity index (χ4v) is 3.57. The molecule has 2 heterocycles. The average molecular weight is 332 g/mol. The summed E-state index contributed by atoms with van der Waals surface area (Å²) in [4.78, 5) is 16.9. The fraction of sp³-hybridized carbons (Fsp3) is 0.632. The van der Waals surface area contributed by atoms with Gasteiger partial charge in [0.25, 0.3) is 5.91 Å². The molecule has 0 bridgehead atoms. The molecule has 1 aromatic carbocycles. The van der Waals surface area contributed by atoms with Crippen molar-refractivity contribution in [1.82, 2.24) is 4.90 Å².